The number of carbonyl (C=O) groups excluding carboxylic acids is 1. The number of nitrogens with one attached hydrogen (secondary N) is 1. The Morgan fingerprint density at radius 2 is 2.06 bits per heavy atom. The van der Waals surface area contributed by atoms with Crippen LogP contribution in [0.1, 0.15) is 48.8 Å². The topological polar surface area (TPSA) is 36.1 Å². The fourth-order valence-electron chi connectivity index (χ4n) is 1.74. The number of rotatable bonds is 6. The predicted octanol–water partition coefficient (Wildman–Crippen LogP) is 2.98. The Labute approximate surface area is 102 Å². The number of carbonyl (C=O) groups is 1. The number of H-pyrrole nitrogens is 1. The smallest absolute Gasteiger partial charge is 0.269 e. The van der Waals surface area contributed by atoms with E-state index in [1.54, 1.807) is 14.1 Å². The second-order valence-corrected chi connectivity index (χ2v) is 4.52. The third-order valence-electron chi connectivity index (χ3n) is 2.76. The van der Waals surface area contributed by atoms with E-state index >= 15 is 0 Å². The number of aromatic nitrogens is 1. The minimum absolute atomic E-state index is 0.191. The number of aryl methyl sites for hydroxylation is 1. The molecule has 1 rings (SSSR count). The second-order valence-electron chi connectivity index (χ2n) is 4.52. The van der Waals surface area contributed by atoms with Crippen molar-refractivity contribution in [3.05, 3.63) is 23.3 Å². The molecule has 0 spiro atoms. The maximum atomic E-state index is 13.5. The molecule has 0 unspecified atom stereocenters. The van der Waals surface area contributed by atoms with Crippen LogP contribution in [-0.4, -0.2) is 29.9 Å². The molecule has 0 saturated heterocycles. The molecular formula is C13H21FN2O. The summed E-state index contributed by atoms with van der Waals surface area (Å²) in [5, 5.41) is 0. The van der Waals surface area contributed by atoms with Crippen molar-refractivity contribution in [3.8, 4) is 0 Å². The van der Waals surface area contributed by atoms with E-state index in [9.17, 15) is 9.18 Å². The summed E-state index contributed by atoms with van der Waals surface area (Å²) < 4.78 is 13.5. The molecule has 0 saturated carbocycles. The molecule has 0 aliphatic rings. The summed E-state index contributed by atoms with van der Waals surface area (Å²) in [5.74, 6) is -0.490. The highest BCUT2D eigenvalue weighted by molar-refractivity contribution is 5.92. The van der Waals surface area contributed by atoms with Crippen molar-refractivity contribution in [2.45, 2.75) is 39.0 Å². The van der Waals surface area contributed by atoms with Gasteiger partial charge in [0.1, 0.15) is 11.5 Å². The summed E-state index contributed by atoms with van der Waals surface area (Å²) in [6, 6.07) is 1.29. The molecule has 0 aliphatic carbocycles. The Bertz CT molecular complexity index is 371. The number of unbranched alkanes of at least 4 members (excludes halogenated alkanes) is 3. The zero-order chi connectivity index (χ0) is 12.8. The summed E-state index contributed by atoms with van der Waals surface area (Å²) in [5.41, 5.74) is 0.879. The first-order valence-corrected chi connectivity index (χ1v) is 6.15. The summed E-state index contributed by atoms with van der Waals surface area (Å²) in [6.45, 7) is 2.14. The fraction of sp³-hybridized carbons (Fsp3) is 0.615. The van der Waals surface area contributed by atoms with Gasteiger partial charge in [-0.1, -0.05) is 26.2 Å². The number of hydrogen-bond acceptors (Lipinski definition) is 1. The zero-order valence-electron chi connectivity index (χ0n) is 10.8. The molecule has 0 aromatic carbocycles. The van der Waals surface area contributed by atoms with Gasteiger partial charge in [0.2, 0.25) is 0 Å². The van der Waals surface area contributed by atoms with Crippen LogP contribution < -0.4 is 0 Å². The molecule has 1 aromatic rings. The minimum atomic E-state index is -0.299. The minimum Gasteiger partial charge on any atom is -0.352 e. The number of nitrogens with zero attached hydrogens (tertiary/aromatic N) is 1. The lowest BCUT2D eigenvalue weighted by Crippen LogP contribution is -2.21. The third-order valence-corrected chi connectivity index (χ3v) is 2.76. The van der Waals surface area contributed by atoms with Crippen LogP contribution in [0.2, 0.25) is 0 Å². The molecule has 0 bridgehead atoms. The van der Waals surface area contributed by atoms with Gasteiger partial charge in [-0.15, -0.1) is 0 Å². The van der Waals surface area contributed by atoms with Gasteiger partial charge in [0.15, 0.2) is 0 Å². The van der Waals surface area contributed by atoms with Crippen molar-refractivity contribution >= 4 is 5.91 Å². The Kier molecular flexibility index (Phi) is 5.19. The van der Waals surface area contributed by atoms with E-state index in [2.05, 4.69) is 11.9 Å². The summed E-state index contributed by atoms with van der Waals surface area (Å²) in [6.07, 6.45) is 5.07. The Hall–Kier alpha value is -1.32. The molecule has 0 aliphatic heterocycles. The Morgan fingerprint density at radius 3 is 2.65 bits per heavy atom. The molecule has 1 amide bonds. The number of amides is 1. The number of halogens is 1. The van der Waals surface area contributed by atoms with Crippen LogP contribution in [0.5, 0.6) is 0 Å². The van der Waals surface area contributed by atoms with Crippen LogP contribution >= 0.6 is 0 Å². The zero-order valence-corrected chi connectivity index (χ0v) is 10.8. The van der Waals surface area contributed by atoms with E-state index in [0.29, 0.717) is 17.8 Å². The summed E-state index contributed by atoms with van der Waals surface area (Å²) >= 11 is 0. The molecule has 1 heterocycles. The molecular weight excluding hydrogens is 219 g/mol. The largest absolute Gasteiger partial charge is 0.352 e. The van der Waals surface area contributed by atoms with E-state index in [0.717, 1.165) is 19.3 Å². The SMILES string of the molecule is CCCCCCc1[nH]c(C(=O)N(C)C)cc1F. The van der Waals surface area contributed by atoms with Crippen LogP contribution in [-0.2, 0) is 6.42 Å². The summed E-state index contributed by atoms with van der Waals surface area (Å²) in [4.78, 5) is 15.9. The van der Waals surface area contributed by atoms with Crippen molar-refractivity contribution in [3.63, 3.8) is 0 Å². The van der Waals surface area contributed by atoms with Gasteiger partial charge >= 0.3 is 0 Å². The van der Waals surface area contributed by atoms with Gasteiger partial charge in [-0.25, -0.2) is 4.39 Å². The number of hydrogen-bond donors (Lipinski definition) is 1. The first-order chi connectivity index (χ1) is 8.06. The van der Waals surface area contributed by atoms with Gasteiger partial charge in [-0.2, -0.15) is 0 Å². The standard InChI is InChI=1S/C13H21FN2O/c1-4-5-6-7-8-11-10(14)9-12(15-11)13(17)16(2)3/h9,15H,4-8H2,1-3H3. The molecule has 1 aromatic heterocycles. The van der Waals surface area contributed by atoms with Crippen LogP contribution in [0, 0.1) is 5.82 Å². The van der Waals surface area contributed by atoms with Crippen LogP contribution in [0.3, 0.4) is 0 Å². The fourth-order valence-corrected chi connectivity index (χ4v) is 1.74. The second kappa shape index (κ2) is 6.42. The van der Waals surface area contributed by atoms with Crippen molar-refractivity contribution < 1.29 is 9.18 Å². The predicted molar refractivity (Wildman–Crippen MR) is 66.6 cm³/mol. The van der Waals surface area contributed by atoms with Crippen molar-refractivity contribution in [2.75, 3.05) is 14.1 Å². The molecule has 0 radical (unpaired) electrons. The normalized spacial score (nSPS) is 10.6. The van der Waals surface area contributed by atoms with Crippen molar-refractivity contribution in [1.29, 1.82) is 0 Å². The van der Waals surface area contributed by atoms with Crippen LogP contribution in [0.25, 0.3) is 0 Å². The molecule has 17 heavy (non-hydrogen) atoms. The van der Waals surface area contributed by atoms with E-state index in [1.165, 1.54) is 17.4 Å². The summed E-state index contributed by atoms with van der Waals surface area (Å²) in [7, 11) is 3.31. The first-order valence-electron chi connectivity index (χ1n) is 6.15. The third kappa shape index (κ3) is 3.88. The van der Waals surface area contributed by atoms with Gasteiger partial charge in [-0.05, 0) is 12.8 Å². The van der Waals surface area contributed by atoms with Crippen LogP contribution in [0.15, 0.2) is 6.07 Å². The van der Waals surface area contributed by atoms with E-state index in [1.807, 2.05) is 0 Å². The number of aromatic amines is 1. The van der Waals surface area contributed by atoms with Crippen molar-refractivity contribution in [1.82, 2.24) is 9.88 Å². The highest BCUT2D eigenvalue weighted by Crippen LogP contribution is 2.14. The van der Waals surface area contributed by atoms with Gasteiger partial charge in [0.25, 0.3) is 5.91 Å². The Balaban J connectivity index is 2.59. The Morgan fingerprint density at radius 1 is 1.35 bits per heavy atom. The highest BCUT2D eigenvalue weighted by Gasteiger charge is 2.14. The van der Waals surface area contributed by atoms with Gasteiger partial charge in [-0.3, -0.25) is 4.79 Å². The van der Waals surface area contributed by atoms with E-state index < -0.39 is 0 Å². The molecule has 0 fully saturated rings. The molecule has 0 atom stereocenters. The lowest BCUT2D eigenvalue weighted by molar-refractivity contribution is 0.0822. The maximum Gasteiger partial charge on any atom is 0.269 e. The van der Waals surface area contributed by atoms with Gasteiger partial charge in [0, 0.05) is 20.2 Å². The molecule has 4 heteroatoms. The average molecular weight is 240 g/mol. The molecule has 96 valence electrons. The average Bonchev–Trinajstić information content (AvgIpc) is 2.65. The van der Waals surface area contributed by atoms with Gasteiger partial charge in [0.05, 0.1) is 5.69 Å². The van der Waals surface area contributed by atoms with Gasteiger partial charge < -0.3 is 9.88 Å². The van der Waals surface area contributed by atoms with Crippen LogP contribution in [0.4, 0.5) is 4.39 Å². The van der Waals surface area contributed by atoms with E-state index in [4.69, 9.17) is 0 Å². The monoisotopic (exact) mass is 240 g/mol. The lowest BCUT2D eigenvalue weighted by Gasteiger charge is -2.07. The molecule has 1 N–H and O–H groups in total. The highest BCUT2D eigenvalue weighted by atomic mass is 19.1. The lowest BCUT2D eigenvalue weighted by atomic mass is 10.1. The van der Waals surface area contributed by atoms with Crippen molar-refractivity contribution in [2.24, 2.45) is 0 Å². The first kappa shape index (κ1) is 13.7. The quantitative estimate of drug-likeness (QED) is 0.762. The van der Waals surface area contributed by atoms with E-state index in [-0.39, 0.29) is 11.7 Å². The molecule has 3 nitrogen and oxygen atoms in total. The maximum absolute atomic E-state index is 13.5.